The van der Waals surface area contributed by atoms with Crippen molar-refractivity contribution in [3.8, 4) is 0 Å². The second kappa shape index (κ2) is 9.43. The SMILES string of the molecule is COC(=O)c1cccc(NC(=O)c2ccc(NC(=O)c3ccc(Cl)cc3Cl)cc2)c1. The molecule has 0 bridgehead atoms. The fourth-order valence-electron chi connectivity index (χ4n) is 2.62. The number of methoxy groups -OCH3 is 1. The van der Waals surface area contributed by atoms with Gasteiger partial charge >= 0.3 is 5.97 Å². The highest BCUT2D eigenvalue weighted by Gasteiger charge is 2.12. The Morgan fingerprint density at radius 1 is 0.767 bits per heavy atom. The van der Waals surface area contributed by atoms with E-state index < -0.39 is 11.9 Å². The normalized spacial score (nSPS) is 10.2. The van der Waals surface area contributed by atoms with Crippen molar-refractivity contribution in [1.29, 1.82) is 0 Å². The molecule has 0 aliphatic heterocycles. The van der Waals surface area contributed by atoms with Crippen LogP contribution in [0.5, 0.6) is 0 Å². The molecular weight excluding hydrogens is 427 g/mol. The van der Waals surface area contributed by atoms with Crippen LogP contribution in [0, 0.1) is 0 Å². The molecule has 0 spiro atoms. The highest BCUT2D eigenvalue weighted by Crippen LogP contribution is 2.22. The van der Waals surface area contributed by atoms with E-state index in [1.807, 2.05) is 0 Å². The molecule has 30 heavy (non-hydrogen) atoms. The Kier molecular flexibility index (Phi) is 6.72. The van der Waals surface area contributed by atoms with Gasteiger partial charge in [-0.05, 0) is 60.7 Å². The van der Waals surface area contributed by atoms with Crippen LogP contribution in [-0.2, 0) is 4.74 Å². The summed E-state index contributed by atoms with van der Waals surface area (Å²) in [6.07, 6.45) is 0. The van der Waals surface area contributed by atoms with Crippen LogP contribution in [0.4, 0.5) is 11.4 Å². The second-order valence-electron chi connectivity index (χ2n) is 6.18. The lowest BCUT2D eigenvalue weighted by atomic mass is 10.1. The van der Waals surface area contributed by atoms with Crippen LogP contribution in [0.2, 0.25) is 10.0 Å². The van der Waals surface area contributed by atoms with Crippen LogP contribution in [0.25, 0.3) is 0 Å². The van der Waals surface area contributed by atoms with E-state index in [4.69, 9.17) is 23.2 Å². The summed E-state index contributed by atoms with van der Waals surface area (Å²) in [6, 6.07) is 17.3. The zero-order valence-corrected chi connectivity index (χ0v) is 17.3. The Hall–Kier alpha value is -3.35. The maximum Gasteiger partial charge on any atom is 0.337 e. The van der Waals surface area contributed by atoms with Gasteiger partial charge in [0.1, 0.15) is 0 Å². The molecule has 0 fully saturated rings. The van der Waals surface area contributed by atoms with Crippen molar-refractivity contribution in [3.05, 3.63) is 93.5 Å². The summed E-state index contributed by atoms with van der Waals surface area (Å²) in [5, 5.41) is 6.10. The molecule has 0 aromatic heterocycles. The van der Waals surface area contributed by atoms with Crippen molar-refractivity contribution < 1.29 is 19.1 Å². The number of rotatable bonds is 5. The molecule has 0 unspecified atom stereocenters. The first-order valence-electron chi connectivity index (χ1n) is 8.73. The fourth-order valence-corrected chi connectivity index (χ4v) is 3.12. The number of hydrogen-bond acceptors (Lipinski definition) is 4. The number of carbonyl (C=O) groups excluding carboxylic acids is 3. The van der Waals surface area contributed by atoms with Crippen molar-refractivity contribution in [3.63, 3.8) is 0 Å². The van der Waals surface area contributed by atoms with Crippen molar-refractivity contribution >= 4 is 52.4 Å². The molecule has 3 aromatic carbocycles. The maximum atomic E-state index is 12.5. The molecule has 8 heteroatoms. The highest BCUT2D eigenvalue weighted by molar-refractivity contribution is 6.37. The molecule has 3 aromatic rings. The number of carbonyl (C=O) groups is 3. The molecular formula is C22H16Cl2N2O4. The topological polar surface area (TPSA) is 84.5 Å². The minimum Gasteiger partial charge on any atom is -0.465 e. The summed E-state index contributed by atoms with van der Waals surface area (Å²) in [5.41, 5.74) is 1.94. The molecule has 0 saturated carbocycles. The van der Waals surface area contributed by atoms with Crippen molar-refractivity contribution in [1.82, 2.24) is 0 Å². The van der Waals surface area contributed by atoms with E-state index in [9.17, 15) is 14.4 Å². The Morgan fingerprint density at radius 2 is 1.47 bits per heavy atom. The number of hydrogen-bond donors (Lipinski definition) is 2. The minimum atomic E-state index is -0.494. The summed E-state index contributed by atoms with van der Waals surface area (Å²) in [5.74, 6) is -1.25. The van der Waals surface area contributed by atoms with E-state index in [2.05, 4.69) is 15.4 Å². The molecule has 0 aliphatic carbocycles. The van der Waals surface area contributed by atoms with E-state index >= 15 is 0 Å². The highest BCUT2D eigenvalue weighted by atomic mass is 35.5. The summed E-state index contributed by atoms with van der Waals surface area (Å²) in [4.78, 5) is 36.4. The Morgan fingerprint density at radius 3 is 2.13 bits per heavy atom. The van der Waals surface area contributed by atoms with Gasteiger partial charge in [-0.15, -0.1) is 0 Å². The number of esters is 1. The smallest absolute Gasteiger partial charge is 0.337 e. The van der Waals surface area contributed by atoms with Crippen LogP contribution in [0.15, 0.2) is 66.7 Å². The van der Waals surface area contributed by atoms with E-state index in [0.717, 1.165) is 0 Å². The molecule has 152 valence electrons. The quantitative estimate of drug-likeness (QED) is 0.526. The van der Waals surface area contributed by atoms with Crippen molar-refractivity contribution in [2.24, 2.45) is 0 Å². The lowest BCUT2D eigenvalue weighted by Crippen LogP contribution is -2.14. The Labute approximate surface area is 182 Å². The van der Waals surface area contributed by atoms with Crippen LogP contribution in [0.1, 0.15) is 31.1 Å². The first-order chi connectivity index (χ1) is 14.4. The maximum absolute atomic E-state index is 12.5. The molecule has 2 amide bonds. The van der Waals surface area contributed by atoms with Crippen LogP contribution in [-0.4, -0.2) is 24.9 Å². The molecule has 0 saturated heterocycles. The first-order valence-corrected chi connectivity index (χ1v) is 9.49. The predicted octanol–water partition coefficient (Wildman–Crippen LogP) is 5.28. The van der Waals surface area contributed by atoms with E-state index in [0.29, 0.717) is 27.5 Å². The zero-order chi connectivity index (χ0) is 21.7. The summed E-state index contributed by atoms with van der Waals surface area (Å²) >= 11 is 11.9. The molecule has 0 radical (unpaired) electrons. The number of benzene rings is 3. The van der Waals surface area contributed by atoms with Gasteiger partial charge in [-0.2, -0.15) is 0 Å². The van der Waals surface area contributed by atoms with Gasteiger partial charge in [0.05, 0.1) is 23.3 Å². The molecule has 0 aliphatic rings. The lowest BCUT2D eigenvalue weighted by molar-refractivity contribution is 0.0600. The van der Waals surface area contributed by atoms with Gasteiger partial charge in [-0.25, -0.2) is 4.79 Å². The molecule has 6 nitrogen and oxygen atoms in total. The lowest BCUT2D eigenvalue weighted by Gasteiger charge is -2.09. The van der Waals surface area contributed by atoms with Gasteiger partial charge in [0.25, 0.3) is 11.8 Å². The third kappa shape index (κ3) is 5.17. The molecule has 3 rings (SSSR count). The van der Waals surface area contributed by atoms with Gasteiger partial charge in [-0.1, -0.05) is 29.3 Å². The largest absolute Gasteiger partial charge is 0.465 e. The van der Waals surface area contributed by atoms with E-state index in [1.165, 1.54) is 25.3 Å². The number of halogens is 2. The summed E-state index contributed by atoms with van der Waals surface area (Å²) in [6.45, 7) is 0. The van der Waals surface area contributed by atoms with Crippen molar-refractivity contribution in [2.75, 3.05) is 17.7 Å². The van der Waals surface area contributed by atoms with Gasteiger partial charge in [0.15, 0.2) is 0 Å². The number of ether oxygens (including phenoxy) is 1. The molecule has 0 atom stereocenters. The number of nitrogens with one attached hydrogen (secondary N) is 2. The van der Waals surface area contributed by atoms with Crippen molar-refractivity contribution in [2.45, 2.75) is 0 Å². The van der Waals surface area contributed by atoms with Crippen LogP contribution >= 0.6 is 23.2 Å². The van der Waals surface area contributed by atoms with Crippen LogP contribution < -0.4 is 10.6 Å². The fraction of sp³-hybridized carbons (Fsp3) is 0.0455. The Bertz CT molecular complexity index is 1110. The van der Waals surface area contributed by atoms with E-state index in [1.54, 1.807) is 48.5 Å². The average Bonchev–Trinajstić information content (AvgIpc) is 2.73. The standard InChI is InChI=1S/C22H16Cl2N2O4/c1-30-22(29)14-3-2-4-17(11-14)26-20(27)13-5-8-16(9-6-13)25-21(28)18-10-7-15(23)12-19(18)24/h2-12H,1H3,(H,25,28)(H,26,27). The molecule has 0 heterocycles. The number of amides is 2. The Balaban J connectivity index is 1.67. The monoisotopic (exact) mass is 442 g/mol. The second-order valence-corrected chi connectivity index (χ2v) is 7.03. The van der Waals surface area contributed by atoms with Gasteiger partial charge < -0.3 is 15.4 Å². The summed E-state index contributed by atoms with van der Waals surface area (Å²) in [7, 11) is 1.29. The minimum absolute atomic E-state index is 0.241. The van der Waals surface area contributed by atoms with Gasteiger partial charge in [-0.3, -0.25) is 9.59 Å². The summed E-state index contributed by atoms with van der Waals surface area (Å²) < 4.78 is 4.67. The van der Waals surface area contributed by atoms with Crippen LogP contribution in [0.3, 0.4) is 0 Å². The average molecular weight is 443 g/mol. The third-order valence-corrected chi connectivity index (χ3v) is 4.67. The van der Waals surface area contributed by atoms with E-state index in [-0.39, 0.29) is 16.5 Å². The molecule has 2 N–H and O–H groups in total. The predicted molar refractivity (Wildman–Crippen MR) is 117 cm³/mol. The van der Waals surface area contributed by atoms with Gasteiger partial charge in [0, 0.05) is 22.0 Å². The third-order valence-electron chi connectivity index (χ3n) is 4.12. The number of anilines is 2. The first kappa shape index (κ1) is 21.4. The zero-order valence-electron chi connectivity index (χ0n) is 15.7. The van der Waals surface area contributed by atoms with Gasteiger partial charge in [0.2, 0.25) is 0 Å².